The molecule has 5 nitrogen and oxygen atoms in total. The van der Waals surface area contributed by atoms with Crippen molar-refractivity contribution in [2.45, 2.75) is 25.3 Å². The third-order valence-electron chi connectivity index (χ3n) is 4.29. The van der Waals surface area contributed by atoms with Gasteiger partial charge in [-0.05, 0) is 44.0 Å². The number of nitrogens with one attached hydrogen (secondary N) is 2. The van der Waals surface area contributed by atoms with Crippen molar-refractivity contribution < 1.29 is 9.59 Å². The number of rotatable bonds is 3. The molecule has 2 saturated heterocycles. The predicted octanol–water partition coefficient (Wildman–Crippen LogP) is 2.09. The van der Waals surface area contributed by atoms with Gasteiger partial charge in [-0.2, -0.15) is 0 Å². The van der Waals surface area contributed by atoms with Crippen LogP contribution in [0.5, 0.6) is 0 Å². The third kappa shape index (κ3) is 4.25. The van der Waals surface area contributed by atoms with Gasteiger partial charge in [0, 0.05) is 29.3 Å². The van der Waals surface area contributed by atoms with Gasteiger partial charge in [0.25, 0.3) is 0 Å². The number of nitrogens with zero attached hydrogens (tertiary/aromatic N) is 1. The van der Waals surface area contributed by atoms with Crippen LogP contribution < -0.4 is 15.5 Å². The molecule has 0 saturated carbocycles. The van der Waals surface area contributed by atoms with Gasteiger partial charge < -0.3 is 15.5 Å². The summed E-state index contributed by atoms with van der Waals surface area (Å²) in [5.41, 5.74) is 0.842. The first-order chi connectivity index (χ1) is 10.6. The van der Waals surface area contributed by atoms with Crippen molar-refractivity contribution in [2.75, 3.05) is 24.5 Å². The van der Waals surface area contributed by atoms with E-state index in [0.29, 0.717) is 13.0 Å². The molecule has 2 amide bonds. The molecule has 7 heteroatoms. The molecule has 2 N–H and O–H groups in total. The van der Waals surface area contributed by atoms with Crippen LogP contribution in [0.15, 0.2) is 28.7 Å². The number of amides is 2. The van der Waals surface area contributed by atoms with Gasteiger partial charge in [-0.3, -0.25) is 9.59 Å². The monoisotopic (exact) mass is 401 g/mol. The maximum atomic E-state index is 12.5. The molecule has 1 aromatic carbocycles. The van der Waals surface area contributed by atoms with Gasteiger partial charge in [-0.1, -0.05) is 22.0 Å². The molecule has 3 rings (SSSR count). The van der Waals surface area contributed by atoms with Crippen molar-refractivity contribution >= 4 is 45.8 Å². The van der Waals surface area contributed by atoms with Crippen LogP contribution in [0, 0.1) is 5.92 Å². The number of hydrogen-bond donors (Lipinski definition) is 2. The van der Waals surface area contributed by atoms with Crippen molar-refractivity contribution in [3.8, 4) is 0 Å². The maximum absolute atomic E-state index is 12.5. The fourth-order valence-electron chi connectivity index (χ4n) is 3.10. The SMILES string of the molecule is Cl.O=C(N[C@H]1CCCNC1)C1CCN(c2cccc(Br)c2)C1=O. The second-order valence-electron chi connectivity index (χ2n) is 5.86. The summed E-state index contributed by atoms with van der Waals surface area (Å²) in [7, 11) is 0. The molecular formula is C16H21BrClN3O2. The van der Waals surface area contributed by atoms with E-state index >= 15 is 0 Å². The van der Waals surface area contributed by atoms with Gasteiger partial charge in [-0.15, -0.1) is 12.4 Å². The Labute approximate surface area is 150 Å². The fourth-order valence-corrected chi connectivity index (χ4v) is 3.49. The van der Waals surface area contributed by atoms with E-state index in [9.17, 15) is 9.59 Å². The minimum absolute atomic E-state index is 0. The fraction of sp³-hybridized carbons (Fsp3) is 0.500. The third-order valence-corrected chi connectivity index (χ3v) is 4.78. The van der Waals surface area contributed by atoms with Gasteiger partial charge >= 0.3 is 0 Å². The van der Waals surface area contributed by atoms with Gasteiger partial charge in [0.15, 0.2) is 0 Å². The molecule has 1 aromatic rings. The highest BCUT2D eigenvalue weighted by Crippen LogP contribution is 2.27. The maximum Gasteiger partial charge on any atom is 0.239 e. The molecular weight excluding hydrogens is 382 g/mol. The molecule has 0 aliphatic carbocycles. The molecule has 23 heavy (non-hydrogen) atoms. The average molecular weight is 403 g/mol. The zero-order valence-corrected chi connectivity index (χ0v) is 15.2. The zero-order chi connectivity index (χ0) is 15.5. The Kier molecular flexibility index (Phi) is 6.44. The Morgan fingerprint density at radius 2 is 2.17 bits per heavy atom. The van der Waals surface area contributed by atoms with Crippen LogP contribution in [0.2, 0.25) is 0 Å². The molecule has 2 atom stereocenters. The lowest BCUT2D eigenvalue weighted by atomic mass is 10.0. The van der Waals surface area contributed by atoms with E-state index in [0.717, 1.165) is 36.1 Å². The van der Waals surface area contributed by atoms with Crippen LogP contribution in [-0.4, -0.2) is 37.5 Å². The largest absolute Gasteiger partial charge is 0.351 e. The second kappa shape index (κ2) is 8.13. The number of halogens is 2. The van der Waals surface area contributed by atoms with Crippen molar-refractivity contribution in [1.82, 2.24) is 10.6 Å². The minimum atomic E-state index is -0.555. The van der Waals surface area contributed by atoms with E-state index in [-0.39, 0.29) is 30.3 Å². The first kappa shape index (κ1) is 18.2. The number of hydrogen-bond acceptors (Lipinski definition) is 3. The van der Waals surface area contributed by atoms with Crippen molar-refractivity contribution in [3.05, 3.63) is 28.7 Å². The van der Waals surface area contributed by atoms with Gasteiger partial charge in [0.1, 0.15) is 5.92 Å². The Bertz CT molecular complexity index is 578. The summed E-state index contributed by atoms with van der Waals surface area (Å²) in [5.74, 6) is -0.781. The Balaban J connectivity index is 0.00000192. The van der Waals surface area contributed by atoms with Crippen molar-refractivity contribution in [1.29, 1.82) is 0 Å². The van der Waals surface area contributed by atoms with E-state index in [2.05, 4.69) is 26.6 Å². The van der Waals surface area contributed by atoms with E-state index in [1.165, 1.54) is 0 Å². The second-order valence-corrected chi connectivity index (χ2v) is 6.78. The van der Waals surface area contributed by atoms with Gasteiger partial charge in [0.05, 0.1) is 0 Å². The van der Waals surface area contributed by atoms with Crippen LogP contribution in [0.4, 0.5) is 5.69 Å². The Morgan fingerprint density at radius 1 is 1.35 bits per heavy atom. The first-order valence-electron chi connectivity index (χ1n) is 7.73. The lowest BCUT2D eigenvalue weighted by Gasteiger charge is -2.25. The van der Waals surface area contributed by atoms with Crippen LogP contribution in [0.1, 0.15) is 19.3 Å². The molecule has 1 unspecified atom stereocenters. The highest BCUT2D eigenvalue weighted by Gasteiger charge is 2.38. The summed E-state index contributed by atoms with van der Waals surface area (Å²) in [6.45, 7) is 2.39. The molecule has 2 fully saturated rings. The number of benzene rings is 1. The van der Waals surface area contributed by atoms with Crippen LogP contribution in [-0.2, 0) is 9.59 Å². The minimum Gasteiger partial charge on any atom is -0.351 e. The van der Waals surface area contributed by atoms with E-state index in [1.54, 1.807) is 4.90 Å². The van der Waals surface area contributed by atoms with Crippen LogP contribution in [0.3, 0.4) is 0 Å². The molecule has 0 radical (unpaired) electrons. The molecule has 0 aromatic heterocycles. The molecule has 0 bridgehead atoms. The molecule has 2 aliphatic heterocycles. The zero-order valence-electron chi connectivity index (χ0n) is 12.8. The number of carbonyl (C=O) groups excluding carboxylic acids is 2. The van der Waals surface area contributed by atoms with Crippen molar-refractivity contribution in [2.24, 2.45) is 5.92 Å². The topological polar surface area (TPSA) is 61.4 Å². The number of carbonyl (C=O) groups is 2. The summed E-state index contributed by atoms with van der Waals surface area (Å²) >= 11 is 3.41. The summed E-state index contributed by atoms with van der Waals surface area (Å²) in [6.07, 6.45) is 2.63. The van der Waals surface area contributed by atoms with Crippen LogP contribution >= 0.6 is 28.3 Å². The smallest absolute Gasteiger partial charge is 0.239 e. The quantitative estimate of drug-likeness (QED) is 0.761. The van der Waals surface area contributed by atoms with E-state index in [1.807, 2.05) is 24.3 Å². The lowest BCUT2D eigenvalue weighted by molar-refractivity contribution is -0.132. The highest BCUT2D eigenvalue weighted by atomic mass is 79.9. The van der Waals surface area contributed by atoms with E-state index in [4.69, 9.17) is 0 Å². The summed E-state index contributed by atoms with van der Waals surface area (Å²) in [4.78, 5) is 26.6. The standard InChI is InChI=1S/C16H20BrN3O2.ClH/c17-11-3-1-5-13(9-11)20-8-6-14(16(20)22)15(21)19-12-4-2-7-18-10-12;/h1,3,5,9,12,14,18H,2,4,6-8,10H2,(H,19,21);1H/t12-,14?;/m0./s1. The molecule has 2 aliphatic rings. The lowest BCUT2D eigenvalue weighted by Crippen LogP contribution is -2.48. The number of anilines is 1. The molecule has 2 heterocycles. The van der Waals surface area contributed by atoms with Gasteiger partial charge in [0.2, 0.25) is 11.8 Å². The van der Waals surface area contributed by atoms with Crippen LogP contribution in [0.25, 0.3) is 0 Å². The summed E-state index contributed by atoms with van der Waals surface area (Å²) in [5, 5.41) is 6.28. The Morgan fingerprint density at radius 3 is 2.87 bits per heavy atom. The average Bonchev–Trinajstić information content (AvgIpc) is 2.90. The van der Waals surface area contributed by atoms with Gasteiger partial charge in [-0.25, -0.2) is 0 Å². The molecule has 126 valence electrons. The summed E-state index contributed by atoms with van der Waals surface area (Å²) in [6, 6.07) is 7.77. The normalized spacial score (nSPS) is 24.2. The van der Waals surface area contributed by atoms with E-state index < -0.39 is 5.92 Å². The predicted molar refractivity (Wildman–Crippen MR) is 95.9 cm³/mol. The highest BCUT2D eigenvalue weighted by molar-refractivity contribution is 9.10. The number of piperidine rings is 1. The first-order valence-corrected chi connectivity index (χ1v) is 8.52. The van der Waals surface area contributed by atoms with Crippen molar-refractivity contribution in [3.63, 3.8) is 0 Å². The molecule has 0 spiro atoms. The summed E-state index contributed by atoms with van der Waals surface area (Å²) < 4.78 is 0.930. The Hall–Kier alpha value is -1.11.